The SMILES string of the molecule is C=C1NN(C(C)C(=O)O)C(=O)N1c1ccc(OCc2ccccc2)cc1. The largest absolute Gasteiger partial charge is 0.489 e. The van der Waals surface area contributed by atoms with Gasteiger partial charge in [-0.2, -0.15) is 0 Å². The number of carbonyl (C=O) groups is 2. The molecule has 0 saturated carbocycles. The van der Waals surface area contributed by atoms with Gasteiger partial charge in [0.1, 0.15) is 24.2 Å². The Bertz CT molecular complexity index is 820. The lowest BCUT2D eigenvalue weighted by Gasteiger charge is -2.19. The highest BCUT2D eigenvalue weighted by Gasteiger charge is 2.38. The van der Waals surface area contributed by atoms with Crippen LogP contribution in [0.3, 0.4) is 0 Å². The predicted octanol–water partition coefficient (Wildman–Crippen LogP) is 2.96. The quantitative estimate of drug-likeness (QED) is 0.834. The first-order chi connectivity index (χ1) is 12.5. The summed E-state index contributed by atoms with van der Waals surface area (Å²) in [4.78, 5) is 24.9. The highest BCUT2D eigenvalue weighted by atomic mass is 16.5. The molecule has 0 spiro atoms. The second-order valence-corrected chi connectivity index (χ2v) is 5.83. The van der Waals surface area contributed by atoms with Crippen LogP contribution in [0.2, 0.25) is 0 Å². The number of hydrogen-bond donors (Lipinski definition) is 2. The van der Waals surface area contributed by atoms with E-state index in [-0.39, 0.29) is 0 Å². The summed E-state index contributed by atoms with van der Waals surface area (Å²) in [5, 5.41) is 10.1. The highest BCUT2D eigenvalue weighted by molar-refractivity contribution is 5.99. The van der Waals surface area contributed by atoms with Crippen molar-refractivity contribution in [2.24, 2.45) is 0 Å². The van der Waals surface area contributed by atoms with Gasteiger partial charge in [-0.1, -0.05) is 36.9 Å². The van der Waals surface area contributed by atoms with E-state index >= 15 is 0 Å². The lowest BCUT2D eigenvalue weighted by molar-refractivity contribution is -0.142. The third kappa shape index (κ3) is 3.46. The van der Waals surface area contributed by atoms with Crippen LogP contribution < -0.4 is 15.1 Å². The summed E-state index contributed by atoms with van der Waals surface area (Å²) in [7, 11) is 0. The van der Waals surface area contributed by atoms with Crippen molar-refractivity contribution in [3.63, 3.8) is 0 Å². The van der Waals surface area contributed by atoms with Gasteiger partial charge in [0.15, 0.2) is 0 Å². The summed E-state index contributed by atoms with van der Waals surface area (Å²) in [6, 6.07) is 15.2. The molecule has 1 heterocycles. The molecule has 7 nitrogen and oxygen atoms in total. The van der Waals surface area contributed by atoms with Crippen LogP contribution in [-0.2, 0) is 11.4 Å². The van der Waals surface area contributed by atoms with Crippen molar-refractivity contribution in [2.45, 2.75) is 19.6 Å². The summed E-state index contributed by atoms with van der Waals surface area (Å²) in [5.74, 6) is -0.148. The number of anilines is 1. The fourth-order valence-electron chi connectivity index (χ4n) is 2.53. The number of rotatable bonds is 6. The predicted molar refractivity (Wildman–Crippen MR) is 96.3 cm³/mol. The van der Waals surface area contributed by atoms with Crippen LogP contribution >= 0.6 is 0 Å². The monoisotopic (exact) mass is 353 g/mol. The average molecular weight is 353 g/mol. The average Bonchev–Trinajstić information content (AvgIpc) is 2.95. The molecule has 134 valence electrons. The van der Waals surface area contributed by atoms with Gasteiger partial charge in [0.05, 0.1) is 5.69 Å². The van der Waals surface area contributed by atoms with Crippen LogP contribution in [0.25, 0.3) is 0 Å². The van der Waals surface area contributed by atoms with E-state index in [2.05, 4.69) is 12.0 Å². The van der Waals surface area contributed by atoms with Gasteiger partial charge in [0, 0.05) is 0 Å². The van der Waals surface area contributed by atoms with Crippen molar-refractivity contribution in [1.29, 1.82) is 0 Å². The second kappa shape index (κ2) is 7.18. The molecule has 1 aliphatic heterocycles. The highest BCUT2D eigenvalue weighted by Crippen LogP contribution is 2.27. The Balaban J connectivity index is 1.69. The molecule has 1 unspecified atom stereocenters. The normalized spacial score (nSPS) is 15.0. The van der Waals surface area contributed by atoms with E-state index in [1.54, 1.807) is 24.3 Å². The van der Waals surface area contributed by atoms with Crippen molar-refractivity contribution in [1.82, 2.24) is 10.4 Å². The van der Waals surface area contributed by atoms with Crippen molar-refractivity contribution in [2.75, 3.05) is 4.90 Å². The third-order valence-electron chi connectivity index (χ3n) is 4.00. The molecular weight excluding hydrogens is 334 g/mol. The molecule has 1 aliphatic rings. The zero-order valence-electron chi connectivity index (χ0n) is 14.3. The van der Waals surface area contributed by atoms with Gasteiger partial charge in [-0.15, -0.1) is 0 Å². The molecular formula is C19H19N3O4. The minimum Gasteiger partial charge on any atom is -0.489 e. The van der Waals surface area contributed by atoms with Gasteiger partial charge in [-0.25, -0.2) is 19.5 Å². The van der Waals surface area contributed by atoms with Gasteiger partial charge < -0.3 is 9.84 Å². The van der Waals surface area contributed by atoms with Crippen LogP contribution in [0.1, 0.15) is 12.5 Å². The Hall–Kier alpha value is -3.48. The third-order valence-corrected chi connectivity index (χ3v) is 4.00. The van der Waals surface area contributed by atoms with E-state index in [1.807, 2.05) is 30.3 Å². The molecule has 7 heteroatoms. The van der Waals surface area contributed by atoms with Gasteiger partial charge in [-0.3, -0.25) is 5.43 Å². The number of amides is 2. The van der Waals surface area contributed by atoms with E-state index < -0.39 is 18.0 Å². The number of carboxylic acids is 1. The van der Waals surface area contributed by atoms with Crippen molar-refractivity contribution in [3.8, 4) is 5.75 Å². The topological polar surface area (TPSA) is 82.1 Å². The molecule has 0 aliphatic carbocycles. The van der Waals surface area contributed by atoms with Crippen molar-refractivity contribution < 1.29 is 19.4 Å². The maximum atomic E-state index is 12.5. The van der Waals surface area contributed by atoms with E-state index in [1.165, 1.54) is 11.8 Å². The maximum Gasteiger partial charge on any atom is 0.349 e. The number of carbonyl (C=O) groups excluding carboxylic acids is 1. The van der Waals surface area contributed by atoms with E-state index in [0.717, 1.165) is 10.6 Å². The Morgan fingerprint density at radius 2 is 1.85 bits per heavy atom. The second-order valence-electron chi connectivity index (χ2n) is 5.83. The lowest BCUT2D eigenvalue weighted by atomic mass is 10.2. The molecule has 2 aromatic carbocycles. The van der Waals surface area contributed by atoms with Gasteiger partial charge >= 0.3 is 12.0 Å². The molecule has 0 bridgehead atoms. The molecule has 1 fully saturated rings. The van der Waals surface area contributed by atoms with Crippen LogP contribution in [-0.4, -0.2) is 28.2 Å². The zero-order chi connectivity index (χ0) is 18.7. The number of benzene rings is 2. The number of hydrazine groups is 1. The number of hydrogen-bond acceptors (Lipinski definition) is 4. The molecule has 3 rings (SSSR count). The van der Waals surface area contributed by atoms with E-state index in [0.29, 0.717) is 23.9 Å². The van der Waals surface area contributed by atoms with Gasteiger partial charge in [-0.05, 0) is 36.8 Å². The van der Waals surface area contributed by atoms with E-state index in [4.69, 9.17) is 9.84 Å². The number of carboxylic acid groups (broad SMARTS) is 1. The standard InChI is InChI=1S/C19H19N3O4/c1-13(18(23)24)22-19(25)21(14(2)20-22)16-8-10-17(11-9-16)26-12-15-6-4-3-5-7-15/h3-11,13,20H,2,12H2,1H3,(H,23,24). The number of urea groups is 1. The fraction of sp³-hybridized carbons (Fsp3) is 0.158. The molecule has 1 atom stereocenters. The Labute approximate surface area is 151 Å². The number of ether oxygens (including phenoxy) is 1. The minimum absolute atomic E-state index is 0.293. The lowest BCUT2D eigenvalue weighted by Crippen LogP contribution is -2.46. The smallest absolute Gasteiger partial charge is 0.349 e. The molecule has 1 saturated heterocycles. The first-order valence-electron chi connectivity index (χ1n) is 8.06. The number of nitrogens with zero attached hydrogens (tertiary/aromatic N) is 2. The Morgan fingerprint density at radius 3 is 2.46 bits per heavy atom. The summed E-state index contributed by atoms with van der Waals surface area (Å²) < 4.78 is 5.72. The van der Waals surface area contributed by atoms with Crippen LogP contribution in [0.15, 0.2) is 67.0 Å². The molecule has 26 heavy (non-hydrogen) atoms. The number of nitrogens with one attached hydrogen (secondary N) is 1. The van der Waals surface area contributed by atoms with Crippen molar-refractivity contribution in [3.05, 3.63) is 72.6 Å². The fourth-order valence-corrected chi connectivity index (χ4v) is 2.53. The summed E-state index contributed by atoms with van der Waals surface area (Å²) >= 11 is 0. The zero-order valence-corrected chi connectivity index (χ0v) is 14.3. The molecule has 2 aromatic rings. The van der Waals surface area contributed by atoms with Crippen LogP contribution in [0.5, 0.6) is 5.75 Å². The molecule has 0 aromatic heterocycles. The Kier molecular flexibility index (Phi) is 4.79. The van der Waals surface area contributed by atoms with Crippen molar-refractivity contribution >= 4 is 17.7 Å². The van der Waals surface area contributed by atoms with Crippen LogP contribution in [0, 0.1) is 0 Å². The summed E-state index contributed by atoms with van der Waals surface area (Å²) in [6.45, 7) is 5.65. The van der Waals surface area contributed by atoms with Gasteiger partial charge in [0.2, 0.25) is 0 Å². The minimum atomic E-state index is -1.11. The Morgan fingerprint density at radius 1 is 1.19 bits per heavy atom. The maximum absolute atomic E-state index is 12.5. The molecule has 2 N–H and O–H groups in total. The first-order valence-corrected chi connectivity index (χ1v) is 8.06. The number of aliphatic carboxylic acids is 1. The first kappa shape index (κ1) is 17.3. The molecule has 0 radical (unpaired) electrons. The summed E-state index contributed by atoms with van der Waals surface area (Å²) in [5.41, 5.74) is 4.32. The van der Waals surface area contributed by atoms with E-state index in [9.17, 15) is 9.59 Å². The summed E-state index contributed by atoms with van der Waals surface area (Å²) in [6.07, 6.45) is 0. The molecule has 2 amide bonds. The van der Waals surface area contributed by atoms with Gasteiger partial charge in [0.25, 0.3) is 0 Å². The van der Waals surface area contributed by atoms with Crippen LogP contribution in [0.4, 0.5) is 10.5 Å².